The summed E-state index contributed by atoms with van der Waals surface area (Å²) in [6, 6.07) is 23.1. The van der Waals surface area contributed by atoms with E-state index in [0.29, 0.717) is 0 Å². The molecule has 2 heterocycles. The lowest BCUT2D eigenvalue weighted by Crippen LogP contribution is -1.80. The number of hydrogen-bond donors (Lipinski definition) is 1. The van der Waals surface area contributed by atoms with E-state index in [2.05, 4.69) is 59.6 Å². The van der Waals surface area contributed by atoms with Crippen molar-refractivity contribution in [2.75, 3.05) is 0 Å². The van der Waals surface area contributed by atoms with E-state index in [1.165, 1.54) is 21.9 Å². The molecule has 22 heavy (non-hydrogen) atoms. The number of hydrogen-bond acceptors (Lipinski definition) is 1. The number of aromatic amines is 1. The Balaban J connectivity index is 2.06. The fraction of sp³-hybridized carbons (Fsp3) is 0. The largest absolute Gasteiger partial charge is 0.464 e. The number of para-hydroxylation sites is 1. The van der Waals surface area contributed by atoms with Gasteiger partial charge in [-0.05, 0) is 29.3 Å². The molecule has 0 atom stereocenters. The average Bonchev–Trinajstić information content (AvgIpc) is 3.19. The molecule has 0 aliphatic carbocycles. The van der Waals surface area contributed by atoms with Crippen LogP contribution >= 0.6 is 0 Å². The van der Waals surface area contributed by atoms with Crippen LogP contribution in [-0.2, 0) is 0 Å². The first-order valence-electron chi connectivity index (χ1n) is 7.38. The molecule has 2 nitrogen and oxygen atoms in total. The average molecular weight is 283 g/mol. The number of aromatic nitrogens is 1. The molecule has 3 aromatic carbocycles. The highest BCUT2D eigenvalue weighted by atomic mass is 16.3. The molecule has 0 aliphatic rings. The van der Waals surface area contributed by atoms with Crippen molar-refractivity contribution in [3.05, 3.63) is 73.0 Å². The molecule has 0 amide bonds. The second kappa shape index (κ2) is 4.25. The highest BCUT2D eigenvalue weighted by molar-refractivity contribution is 6.22. The van der Waals surface area contributed by atoms with Gasteiger partial charge in [0.25, 0.3) is 0 Å². The molecule has 0 saturated carbocycles. The Morgan fingerprint density at radius 1 is 0.773 bits per heavy atom. The van der Waals surface area contributed by atoms with Crippen molar-refractivity contribution >= 4 is 32.8 Å². The topological polar surface area (TPSA) is 28.9 Å². The quantitative estimate of drug-likeness (QED) is 0.418. The van der Waals surface area contributed by atoms with Crippen LogP contribution in [0.15, 0.2) is 77.4 Å². The smallest absolute Gasteiger partial charge is 0.136 e. The number of H-pyrrole nitrogens is 1. The Labute approximate surface area is 127 Å². The number of fused-ring (bicyclic) bond motifs is 5. The SMILES string of the molecule is c1ccc(-c2cc3occc3c3[nH]c4ccccc4c23)cc1. The third kappa shape index (κ3) is 1.49. The maximum Gasteiger partial charge on any atom is 0.136 e. The minimum absolute atomic E-state index is 0.915. The molecule has 0 fully saturated rings. The zero-order valence-electron chi connectivity index (χ0n) is 11.8. The first kappa shape index (κ1) is 11.6. The fourth-order valence-corrected chi connectivity index (χ4v) is 3.31. The maximum absolute atomic E-state index is 5.66. The van der Waals surface area contributed by atoms with Gasteiger partial charge in [-0.3, -0.25) is 0 Å². The van der Waals surface area contributed by atoms with Crippen LogP contribution in [0.3, 0.4) is 0 Å². The van der Waals surface area contributed by atoms with Crippen molar-refractivity contribution < 1.29 is 4.42 Å². The van der Waals surface area contributed by atoms with Crippen molar-refractivity contribution in [2.24, 2.45) is 0 Å². The first-order chi connectivity index (χ1) is 10.9. The lowest BCUT2D eigenvalue weighted by atomic mass is 9.98. The summed E-state index contributed by atoms with van der Waals surface area (Å²) in [5.41, 5.74) is 5.62. The van der Waals surface area contributed by atoms with Crippen LogP contribution in [0, 0.1) is 0 Å². The van der Waals surface area contributed by atoms with E-state index < -0.39 is 0 Å². The van der Waals surface area contributed by atoms with Crippen molar-refractivity contribution in [3.8, 4) is 11.1 Å². The van der Waals surface area contributed by atoms with Gasteiger partial charge in [-0.2, -0.15) is 0 Å². The first-order valence-corrected chi connectivity index (χ1v) is 7.38. The van der Waals surface area contributed by atoms with E-state index >= 15 is 0 Å². The van der Waals surface area contributed by atoms with Crippen LogP contribution in [-0.4, -0.2) is 4.98 Å². The summed E-state index contributed by atoms with van der Waals surface area (Å²) in [6.07, 6.45) is 1.75. The van der Waals surface area contributed by atoms with Crippen LogP contribution in [0.25, 0.3) is 43.9 Å². The Morgan fingerprint density at radius 2 is 1.59 bits per heavy atom. The maximum atomic E-state index is 5.66. The van der Waals surface area contributed by atoms with Crippen molar-refractivity contribution in [2.45, 2.75) is 0 Å². The van der Waals surface area contributed by atoms with E-state index in [1.807, 2.05) is 12.1 Å². The standard InChI is InChI=1S/C20H13NO/c1-2-6-13(7-3-1)16-12-18-15(10-11-22-18)20-19(16)14-8-4-5-9-17(14)21-20/h1-12,21H. The van der Waals surface area contributed by atoms with Crippen molar-refractivity contribution in [3.63, 3.8) is 0 Å². The van der Waals surface area contributed by atoms with Crippen LogP contribution in [0.1, 0.15) is 0 Å². The lowest BCUT2D eigenvalue weighted by molar-refractivity contribution is 0.616. The molecular formula is C20H13NO. The van der Waals surface area contributed by atoms with Crippen LogP contribution in [0.4, 0.5) is 0 Å². The minimum Gasteiger partial charge on any atom is -0.464 e. The summed E-state index contributed by atoms with van der Waals surface area (Å²) in [6.45, 7) is 0. The van der Waals surface area contributed by atoms with Crippen molar-refractivity contribution in [1.82, 2.24) is 4.98 Å². The van der Waals surface area contributed by atoms with Crippen molar-refractivity contribution in [1.29, 1.82) is 0 Å². The van der Waals surface area contributed by atoms with Gasteiger partial charge in [0, 0.05) is 21.7 Å². The van der Waals surface area contributed by atoms with Gasteiger partial charge in [0.05, 0.1) is 11.8 Å². The Morgan fingerprint density at radius 3 is 2.50 bits per heavy atom. The zero-order chi connectivity index (χ0) is 14.5. The van der Waals surface area contributed by atoms with Crippen LogP contribution < -0.4 is 0 Å². The third-order valence-electron chi connectivity index (χ3n) is 4.30. The van der Waals surface area contributed by atoms with Crippen LogP contribution in [0.5, 0.6) is 0 Å². The number of nitrogens with one attached hydrogen (secondary N) is 1. The molecule has 0 spiro atoms. The van der Waals surface area contributed by atoms with Gasteiger partial charge in [0.15, 0.2) is 0 Å². The highest BCUT2D eigenvalue weighted by Gasteiger charge is 2.14. The van der Waals surface area contributed by atoms with Crippen LogP contribution in [0.2, 0.25) is 0 Å². The summed E-state index contributed by atoms with van der Waals surface area (Å²) in [5.74, 6) is 0. The summed E-state index contributed by atoms with van der Waals surface area (Å²) >= 11 is 0. The molecule has 2 aromatic heterocycles. The minimum atomic E-state index is 0.915. The van der Waals surface area contributed by atoms with Gasteiger partial charge in [-0.25, -0.2) is 0 Å². The molecule has 0 bridgehead atoms. The van der Waals surface area contributed by atoms with Gasteiger partial charge < -0.3 is 9.40 Å². The normalized spacial score (nSPS) is 11.6. The lowest BCUT2D eigenvalue weighted by Gasteiger charge is -2.05. The molecule has 104 valence electrons. The molecule has 0 unspecified atom stereocenters. The molecule has 5 aromatic rings. The predicted octanol–water partition coefficient (Wildman–Crippen LogP) is 5.73. The summed E-state index contributed by atoms with van der Waals surface area (Å²) in [5, 5.41) is 3.64. The number of benzene rings is 3. The zero-order valence-corrected chi connectivity index (χ0v) is 11.8. The van der Waals surface area contributed by atoms with Gasteiger partial charge in [0.1, 0.15) is 5.58 Å². The van der Waals surface area contributed by atoms with E-state index in [4.69, 9.17) is 4.42 Å². The molecule has 0 aliphatic heterocycles. The van der Waals surface area contributed by atoms with Gasteiger partial charge in [-0.1, -0.05) is 48.5 Å². The Bertz CT molecular complexity index is 1120. The molecule has 2 heteroatoms. The molecular weight excluding hydrogens is 270 g/mol. The fourth-order valence-electron chi connectivity index (χ4n) is 3.31. The summed E-state index contributed by atoms with van der Waals surface area (Å²) < 4.78 is 5.66. The molecule has 0 saturated heterocycles. The highest BCUT2D eigenvalue weighted by Crippen LogP contribution is 2.39. The van der Waals surface area contributed by atoms with E-state index in [1.54, 1.807) is 6.26 Å². The molecule has 0 radical (unpaired) electrons. The monoisotopic (exact) mass is 283 g/mol. The summed E-state index contributed by atoms with van der Waals surface area (Å²) in [7, 11) is 0. The Hall–Kier alpha value is -3.00. The predicted molar refractivity (Wildman–Crippen MR) is 91.0 cm³/mol. The second-order valence-electron chi connectivity index (χ2n) is 5.54. The molecule has 5 rings (SSSR count). The van der Waals surface area contributed by atoms with E-state index in [-0.39, 0.29) is 0 Å². The van der Waals surface area contributed by atoms with Gasteiger partial charge in [0.2, 0.25) is 0 Å². The summed E-state index contributed by atoms with van der Waals surface area (Å²) in [4.78, 5) is 3.56. The molecule has 1 N–H and O–H groups in total. The Kier molecular flexibility index (Phi) is 2.25. The van der Waals surface area contributed by atoms with E-state index in [0.717, 1.165) is 22.0 Å². The second-order valence-corrected chi connectivity index (χ2v) is 5.54. The number of rotatable bonds is 1. The third-order valence-corrected chi connectivity index (χ3v) is 4.30. The van der Waals surface area contributed by atoms with Gasteiger partial charge >= 0.3 is 0 Å². The van der Waals surface area contributed by atoms with E-state index in [9.17, 15) is 0 Å². The number of furan rings is 1. The van der Waals surface area contributed by atoms with Gasteiger partial charge in [-0.15, -0.1) is 0 Å².